The molecule has 0 aromatic carbocycles. The number of nitrogens with one attached hydrogen (secondary N) is 1. The molecule has 0 bridgehead atoms. The smallest absolute Gasteiger partial charge is 0.330 e. The van der Waals surface area contributed by atoms with Crippen LogP contribution in [0.2, 0.25) is 0 Å². The van der Waals surface area contributed by atoms with E-state index in [1.54, 1.807) is 13.0 Å². The maximum absolute atomic E-state index is 11.6. The molecule has 15 heavy (non-hydrogen) atoms. The van der Waals surface area contributed by atoms with Crippen molar-refractivity contribution in [3.8, 4) is 0 Å². The monoisotopic (exact) mass is 210 g/mol. The first-order valence-electron chi connectivity index (χ1n) is 5.02. The molecule has 0 saturated heterocycles. The van der Waals surface area contributed by atoms with Gasteiger partial charge in [-0.3, -0.25) is 9.89 Å². The van der Waals surface area contributed by atoms with Gasteiger partial charge in [0.1, 0.15) is 6.04 Å². The third-order valence-corrected chi connectivity index (χ3v) is 2.71. The third-order valence-electron chi connectivity index (χ3n) is 2.71. The van der Waals surface area contributed by atoms with Crippen LogP contribution in [0.1, 0.15) is 37.4 Å². The molecule has 5 nitrogen and oxygen atoms in total. The van der Waals surface area contributed by atoms with Crippen molar-refractivity contribution >= 4 is 5.97 Å². The Kier molecular flexibility index (Phi) is 2.38. The van der Waals surface area contributed by atoms with Crippen LogP contribution < -0.4 is 5.56 Å². The number of aromatic amines is 1. The fraction of sp³-hybridized carbons (Fsp3) is 0.600. The molecule has 1 aromatic heterocycles. The summed E-state index contributed by atoms with van der Waals surface area (Å²) in [4.78, 5) is 22.8. The van der Waals surface area contributed by atoms with Crippen molar-refractivity contribution in [3.05, 3.63) is 22.1 Å². The van der Waals surface area contributed by atoms with Crippen LogP contribution in [0, 0.1) is 0 Å². The Hall–Kier alpha value is -1.52. The first-order chi connectivity index (χ1) is 7.13. The molecule has 0 spiro atoms. The van der Waals surface area contributed by atoms with Gasteiger partial charge in [-0.1, -0.05) is 0 Å². The van der Waals surface area contributed by atoms with Gasteiger partial charge >= 0.3 is 5.97 Å². The summed E-state index contributed by atoms with van der Waals surface area (Å²) < 4.78 is 5.91. The minimum absolute atomic E-state index is 0.171. The van der Waals surface area contributed by atoms with Crippen LogP contribution in [0.15, 0.2) is 10.9 Å². The lowest BCUT2D eigenvalue weighted by atomic mass is 10.3. The standard InChI is InChI=1S/C10H14N2O3/c1-6(10(14)15-2)12-9(13)5-8(11-12)7-3-4-7/h5-7,11H,3-4H2,1-2H3/t6-/m0/s1. The number of carbonyl (C=O) groups is 1. The average Bonchev–Trinajstić information content (AvgIpc) is 3.00. The maximum Gasteiger partial charge on any atom is 0.330 e. The Balaban J connectivity index is 2.27. The Bertz CT molecular complexity index is 428. The first-order valence-corrected chi connectivity index (χ1v) is 5.02. The van der Waals surface area contributed by atoms with Crippen molar-refractivity contribution in [3.63, 3.8) is 0 Å². The van der Waals surface area contributed by atoms with E-state index in [-0.39, 0.29) is 5.56 Å². The van der Waals surface area contributed by atoms with Crippen molar-refractivity contribution in [2.75, 3.05) is 7.11 Å². The summed E-state index contributed by atoms with van der Waals surface area (Å²) in [5.41, 5.74) is 0.755. The molecule has 1 heterocycles. The molecule has 1 aromatic rings. The van der Waals surface area contributed by atoms with Crippen LogP contribution >= 0.6 is 0 Å². The van der Waals surface area contributed by atoms with Crippen LogP contribution in [0.4, 0.5) is 0 Å². The summed E-state index contributed by atoms with van der Waals surface area (Å²) in [7, 11) is 1.31. The summed E-state index contributed by atoms with van der Waals surface area (Å²) >= 11 is 0. The SMILES string of the molecule is COC(=O)[C@H](C)n1[nH]c(C2CC2)cc1=O. The lowest BCUT2D eigenvalue weighted by Crippen LogP contribution is -2.26. The second kappa shape index (κ2) is 3.56. The topological polar surface area (TPSA) is 64.1 Å². The number of esters is 1. The van der Waals surface area contributed by atoms with Gasteiger partial charge in [0.2, 0.25) is 0 Å². The first kappa shape index (κ1) is 10.0. The summed E-state index contributed by atoms with van der Waals surface area (Å²) in [6, 6.07) is 0.979. The van der Waals surface area contributed by atoms with E-state index < -0.39 is 12.0 Å². The lowest BCUT2D eigenvalue weighted by Gasteiger charge is -2.09. The molecule has 1 fully saturated rings. The van der Waals surface area contributed by atoms with Gasteiger partial charge in [0.05, 0.1) is 7.11 Å². The molecule has 1 atom stereocenters. The molecule has 1 aliphatic rings. The quantitative estimate of drug-likeness (QED) is 0.750. The number of nitrogens with zero attached hydrogens (tertiary/aromatic N) is 1. The number of H-pyrrole nitrogens is 1. The fourth-order valence-corrected chi connectivity index (χ4v) is 1.60. The predicted octanol–water partition coefficient (Wildman–Crippen LogP) is 0.788. The van der Waals surface area contributed by atoms with Crippen LogP contribution in [-0.2, 0) is 9.53 Å². The molecule has 82 valence electrons. The van der Waals surface area contributed by atoms with Crippen molar-refractivity contribution in [2.45, 2.75) is 31.7 Å². The Morgan fingerprint density at radius 1 is 1.67 bits per heavy atom. The molecule has 1 N–H and O–H groups in total. The molecular formula is C10H14N2O3. The van der Waals surface area contributed by atoms with Gasteiger partial charge in [-0.15, -0.1) is 0 Å². The Morgan fingerprint density at radius 3 is 2.87 bits per heavy atom. The predicted molar refractivity (Wildman–Crippen MR) is 53.8 cm³/mol. The summed E-state index contributed by atoms with van der Waals surface area (Å²) in [6.45, 7) is 1.64. The molecule has 0 unspecified atom stereocenters. The van der Waals surface area contributed by atoms with Crippen molar-refractivity contribution < 1.29 is 9.53 Å². The molecule has 0 amide bonds. The molecular weight excluding hydrogens is 196 g/mol. The molecule has 5 heteroatoms. The molecule has 0 radical (unpaired) electrons. The third kappa shape index (κ3) is 1.82. The van der Waals surface area contributed by atoms with Crippen molar-refractivity contribution in [1.82, 2.24) is 9.78 Å². The molecule has 1 saturated carbocycles. The average molecular weight is 210 g/mol. The maximum atomic E-state index is 11.6. The van der Waals surface area contributed by atoms with Crippen molar-refractivity contribution in [1.29, 1.82) is 0 Å². The second-order valence-electron chi connectivity index (χ2n) is 3.89. The number of hydrogen-bond acceptors (Lipinski definition) is 3. The van der Waals surface area contributed by atoms with Gasteiger partial charge in [0.15, 0.2) is 0 Å². The minimum atomic E-state index is -0.588. The van der Waals surface area contributed by atoms with E-state index in [0.717, 1.165) is 18.5 Å². The zero-order chi connectivity index (χ0) is 11.0. The van der Waals surface area contributed by atoms with Crippen LogP contribution in [0.5, 0.6) is 0 Å². The number of carbonyl (C=O) groups excluding carboxylic acids is 1. The van der Waals surface area contributed by atoms with E-state index in [4.69, 9.17) is 0 Å². The van der Waals surface area contributed by atoms with Gasteiger partial charge in [-0.25, -0.2) is 9.48 Å². The summed E-state index contributed by atoms with van der Waals surface area (Å²) in [6.07, 6.45) is 2.24. The number of aromatic nitrogens is 2. The van der Waals surface area contributed by atoms with E-state index in [1.807, 2.05) is 0 Å². The number of ether oxygens (including phenoxy) is 1. The van der Waals surface area contributed by atoms with Crippen LogP contribution in [-0.4, -0.2) is 22.9 Å². The van der Waals surface area contributed by atoms with E-state index in [2.05, 4.69) is 9.84 Å². The highest BCUT2D eigenvalue weighted by Crippen LogP contribution is 2.38. The highest BCUT2D eigenvalue weighted by atomic mass is 16.5. The largest absolute Gasteiger partial charge is 0.467 e. The number of rotatable bonds is 3. The molecule has 2 rings (SSSR count). The second-order valence-corrected chi connectivity index (χ2v) is 3.89. The number of methoxy groups -OCH3 is 1. The molecule has 0 aliphatic heterocycles. The van der Waals surface area contributed by atoms with Gasteiger partial charge in [-0.05, 0) is 19.8 Å². The minimum Gasteiger partial charge on any atom is -0.467 e. The summed E-state index contributed by atoms with van der Waals surface area (Å²) in [5, 5.41) is 2.96. The van der Waals surface area contributed by atoms with E-state index in [0.29, 0.717) is 5.92 Å². The Morgan fingerprint density at radius 2 is 2.33 bits per heavy atom. The van der Waals surface area contributed by atoms with Crippen molar-refractivity contribution in [2.24, 2.45) is 0 Å². The highest BCUT2D eigenvalue weighted by Gasteiger charge is 2.27. The van der Waals surface area contributed by atoms with Gasteiger partial charge in [-0.2, -0.15) is 0 Å². The van der Waals surface area contributed by atoms with Crippen LogP contribution in [0.25, 0.3) is 0 Å². The number of hydrogen-bond donors (Lipinski definition) is 1. The van der Waals surface area contributed by atoms with E-state index >= 15 is 0 Å². The highest BCUT2D eigenvalue weighted by molar-refractivity contribution is 5.73. The zero-order valence-corrected chi connectivity index (χ0v) is 8.82. The molecule has 1 aliphatic carbocycles. The zero-order valence-electron chi connectivity index (χ0n) is 8.82. The van der Waals surface area contributed by atoms with Gasteiger partial charge < -0.3 is 4.74 Å². The normalized spacial score (nSPS) is 17.5. The van der Waals surface area contributed by atoms with E-state index in [9.17, 15) is 9.59 Å². The lowest BCUT2D eigenvalue weighted by molar-refractivity contribution is -0.144. The van der Waals surface area contributed by atoms with Gasteiger partial charge in [0.25, 0.3) is 5.56 Å². The summed E-state index contributed by atoms with van der Waals surface area (Å²) in [5.74, 6) is 0.0603. The van der Waals surface area contributed by atoms with Gasteiger partial charge in [0, 0.05) is 17.7 Å². The Labute approximate surface area is 87.0 Å². The van der Waals surface area contributed by atoms with Crippen LogP contribution in [0.3, 0.4) is 0 Å². The van der Waals surface area contributed by atoms with E-state index in [1.165, 1.54) is 11.8 Å². The fourth-order valence-electron chi connectivity index (χ4n) is 1.60.